The number of rotatable bonds is 7. The summed E-state index contributed by atoms with van der Waals surface area (Å²) in [6.07, 6.45) is 6.68. The lowest BCUT2D eigenvalue weighted by atomic mass is 9.73. The molecule has 8 atom stereocenters. The number of aliphatic carboxylic acids is 1. The molecule has 0 unspecified atom stereocenters. The summed E-state index contributed by atoms with van der Waals surface area (Å²) >= 11 is 0. The molecule has 2 saturated heterocycles. The summed E-state index contributed by atoms with van der Waals surface area (Å²) in [5.74, 6) is 6.04. The van der Waals surface area contributed by atoms with Crippen LogP contribution in [0.2, 0.25) is 0 Å². The smallest absolute Gasteiger partial charge is 0.335 e. The summed E-state index contributed by atoms with van der Waals surface area (Å²) in [6.45, 7) is 0.461. The number of nitrogens with zero attached hydrogens (tertiary/aromatic N) is 1. The van der Waals surface area contributed by atoms with E-state index in [2.05, 4.69) is 58.6 Å². The van der Waals surface area contributed by atoms with E-state index < -0.39 is 42.2 Å². The lowest BCUT2D eigenvalue weighted by Gasteiger charge is -2.53. The zero-order valence-corrected chi connectivity index (χ0v) is 36.1. The molecule has 15 heteroatoms. The average molecular weight is 895 g/mol. The highest BCUT2D eigenvalue weighted by atomic mass is 33.1. The number of hydrogen-bond acceptors (Lipinski definition) is 14. The molecule has 3 aromatic carbocycles. The van der Waals surface area contributed by atoms with Gasteiger partial charge in [0.1, 0.15) is 41.7 Å². The van der Waals surface area contributed by atoms with Crippen molar-refractivity contribution in [2.45, 2.75) is 61.8 Å². The van der Waals surface area contributed by atoms with Crippen LogP contribution >= 0.6 is 21.6 Å². The van der Waals surface area contributed by atoms with Crippen LogP contribution in [0.5, 0.6) is 17.2 Å². The fourth-order valence-electron chi connectivity index (χ4n) is 9.01. The Bertz CT molecular complexity index is 2360. The molecular formula is C48H50N2O11S2. The Morgan fingerprint density at radius 3 is 2.70 bits per heavy atom. The normalized spacial score (nSPS) is 30.7. The Hall–Kier alpha value is -5.05. The number of ether oxygens (including phenoxy) is 4. The van der Waals surface area contributed by atoms with Crippen LogP contribution in [0.15, 0.2) is 89.4 Å². The van der Waals surface area contributed by atoms with Gasteiger partial charge in [-0.1, -0.05) is 76.2 Å². The summed E-state index contributed by atoms with van der Waals surface area (Å²) in [7, 11) is 2.80. The van der Waals surface area contributed by atoms with Crippen molar-refractivity contribution in [2.24, 2.45) is 22.7 Å². The summed E-state index contributed by atoms with van der Waals surface area (Å²) in [5, 5.41) is 59.3. The van der Waals surface area contributed by atoms with E-state index in [9.17, 15) is 35.1 Å². The molecule has 330 valence electrons. The van der Waals surface area contributed by atoms with E-state index in [1.54, 1.807) is 12.1 Å². The van der Waals surface area contributed by atoms with E-state index in [0.717, 1.165) is 31.3 Å². The quantitative estimate of drug-likeness (QED) is 0.0907. The first-order valence-electron chi connectivity index (χ1n) is 21.0. The average Bonchev–Trinajstić information content (AvgIpc) is 3.82. The molecule has 0 amide bonds. The van der Waals surface area contributed by atoms with E-state index in [1.807, 2.05) is 12.3 Å². The molecule has 3 aromatic rings. The van der Waals surface area contributed by atoms with Gasteiger partial charge in [-0.15, -0.1) is 11.8 Å². The van der Waals surface area contributed by atoms with Gasteiger partial charge in [-0.3, -0.25) is 9.79 Å². The highest BCUT2D eigenvalue weighted by Gasteiger charge is 2.69. The Kier molecular flexibility index (Phi) is 14.0. The van der Waals surface area contributed by atoms with Gasteiger partial charge < -0.3 is 49.8 Å². The topological polar surface area (TPSA) is 197 Å². The van der Waals surface area contributed by atoms with Gasteiger partial charge in [0.2, 0.25) is 6.29 Å². The van der Waals surface area contributed by atoms with Crippen molar-refractivity contribution in [1.29, 1.82) is 0 Å². The number of aldehydes is 1. The van der Waals surface area contributed by atoms with Gasteiger partial charge in [0, 0.05) is 43.0 Å². The van der Waals surface area contributed by atoms with Gasteiger partial charge >= 0.3 is 5.97 Å². The Labute approximate surface area is 373 Å². The van der Waals surface area contributed by atoms with Gasteiger partial charge in [0.25, 0.3) is 0 Å². The minimum atomic E-state index is -2.53. The van der Waals surface area contributed by atoms with E-state index in [1.165, 1.54) is 63.0 Å². The van der Waals surface area contributed by atoms with Crippen molar-refractivity contribution < 1.29 is 54.1 Å². The summed E-state index contributed by atoms with van der Waals surface area (Å²) in [6, 6.07) is 19.2. The molecule has 5 aliphatic rings. The van der Waals surface area contributed by atoms with Gasteiger partial charge in [-0.25, -0.2) is 4.79 Å². The number of phenols is 1. The predicted octanol–water partition coefficient (Wildman–Crippen LogP) is 6.08. The summed E-state index contributed by atoms with van der Waals surface area (Å²) in [4.78, 5) is 30.6. The number of aliphatic imine (C=N–C) groups is 1. The second-order valence-corrected chi connectivity index (χ2v) is 18.7. The molecule has 4 heterocycles. The molecule has 1 aliphatic carbocycles. The number of aliphatic hydroxyl groups excluding tert-OH is 2. The number of nitrogens with one attached hydrogen (secondary N) is 1. The predicted molar refractivity (Wildman–Crippen MR) is 242 cm³/mol. The second kappa shape index (κ2) is 19.8. The fraction of sp³-hybridized carbons (Fsp3) is 0.396. The molecule has 13 nitrogen and oxygen atoms in total. The third-order valence-electron chi connectivity index (χ3n) is 12.5. The number of carboxylic acids is 1. The first-order valence-corrected chi connectivity index (χ1v) is 23.5. The number of carbonyl (C=O) groups is 2. The molecule has 0 spiro atoms. The third kappa shape index (κ3) is 9.30. The molecule has 0 aromatic heterocycles. The Morgan fingerprint density at radius 2 is 1.90 bits per heavy atom. The largest absolute Gasteiger partial charge is 0.508 e. The van der Waals surface area contributed by atoms with E-state index in [0.29, 0.717) is 42.0 Å². The molecule has 8 rings (SSSR count). The molecular weight excluding hydrogens is 845 g/mol. The number of aromatic hydroxyl groups is 1. The number of carbonyl (C=O) groups excluding carboxylic acids is 1. The van der Waals surface area contributed by atoms with Crippen LogP contribution in [0.3, 0.4) is 0 Å². The number of fused-ring (bicyclic) bond motifs is 3. The van der Waals surface area contributed by atoms with E-state index in [4.69, 9.17) is 18.9 Å². The van der Waals surface area contributed by atoms with Gasteiger partial charge in [0.05, 0.1) is 12.1 Å². The van der Waals surface area contributed by atoms with Crippen LogP contribution in [0.4, 0.5) is 0 Å². The zero-order chi connectivity index (χ0) is 44.0. The van der Waals surface area contributed by atoms with E-state index >= 15 is 0 Å². The van der Waals surface area contributed by atoms with Gasteiger partial charge in [0.15, 0.2) is 23.6 Å². The molecule has 63 heavy (non-hydrogen) atoms. The van der Waals surface area contributed by atoms with Crippen molar-refractivity contribution in [3.8, 4) is 29.1 Å². The minimum Gasteiger partial charge on any atom is -0.508 e. The lowest BCUT2D eigenvalue weighted by molar-refractivity contribution is -0.340. The van der Waals surface area contributed by atoms with Crippen LogP contribution < -0.4 is 14.8 Å². The van der Waals surface area contributed by atoms with Crippen LogP contribution in [-0.4, -0.2) is 112 Å². The molecule has 0 radical (unpaired) electrons. The SMILES string of the molecule is O=C[C@@]12OCSSC[C@H](C3=CCN=C3)[C@H]([C@@H]3CC#CCCCc4ccccc4/C=C/C3)CNC[C@]1(O)[C@H](Oc1ccc3c(c1)OCC(c1ccc(O)cc1)=C3O)O[C@H](C(=O)O)[C@H]2O. The molecule has 2 fully saturated rings. The number of β-amino-alcohol motifs (C(OH)–C–C–N with tert-alkyl or cyclic N) is 1. The van der Waals surface area contributed by atoms with Crippen LogP contribution in [0, 0.1) is 29.6 Å². The Balaban J connectivity index is 1.13. The van der Waals surface area contributed by atoms with Crippen LogP contribution in [0.25, 0.3) is 17.4 Å². The Morgan fingerprint density at radius 1 is 1.06 bits per heavy atom. The number of aryl methyl sites for hydroxylation is 1. The summed E-state index contributed by atoms with van der Waals surface area (Å²) < 4.78 is 24.4. The summed E-state index contributed by atoms with van der Waals surface area (Å²) in [5.41, 5.74) is -0.00346. The molecule has 0 saturated carbocycles. The van der Waals surface area contributed by atoms with E-state index in [-0.39, 0.29) is 59.6 Å². The standard InChI is InChI=1S/C48H50N2O11S2/c51-28-48-44(54)43(45(55)56)61-46(60-36-18-19-37-41(22-36)58-25-39(42(37)53)33-14-16-35(52)17-15-33)47(48,57)27-50-24-38(40(26-62-63-29-59-48)34-20-21-49-23-34)32-11-4-2-1-3-8-30-9-5-6-10-31(30)12-7-13-32/h5-7,9-10,12,14-20,22-23,28,32,38,40,43-44,46,50,52-54,57H,1,3,8,11,13,21,24-27,29H2,(H,55,56)/b12-7+/t32-,38+,40-,43+,44-,46-,47+,48+/m1/s1. The van der Waals surface area contributed by atoms with Gasteiger partial charge in [-0.2, -0.15) is 0 Å². The first kappa shape index (κ1) is 44.6. The monoisotopic (exact) mass is 894 g/mol. The lowest BCUT2D eigenvalue weighted by Crippen LogP contribution is -2.80. The fourth-order valence-corrected chi connectivity index (χ4v) is 11.1. The second-order valence-electron chi connectivity index (χ2n) is 16.2. The van der Waals surface area contributed by atoms with Crippen molar-refractivity contribution in [1.82, 2.24) is 5.32 Å². The van der Waals surface area contributed by atoms with Crippen LogP contribution in [0.1, 0.15) is 47.9 Å². The van der Waals surface area contributed by atoms with Crippen molar-refractivity contribution in [3.63, 3.8) is 0 Å². The first-order chi connectivity index (χ1) is 30.6. The van der Waals surface area contributed by atoms with Gasteiger partial charge in [-0.05, 0) is 90.1 Å². The number of allylic oxidation sites excluding steroid dienone is 2. The zero-order valence-electron chi connectivity index (χ0n) is 34.4. The maximum Gasteiger partial charge on any atom is 0.335 e. The molecule has 6 N–H and O–H groups in total. The van der Waals surface area contributed by atoms with Crippen molar-refractivity contribution >= 4 is 57.5 Å². The minimum absolute atomic E-state index is 0.0127. The molecule has 4 aliphatic heterocycles. The number of hydrogen-bond donors (Lipinski definition) is 6. The highest BCUT2D eigenvalue weighted by molar-refractivity contribution is 8.76. The molecule has 0 bridgehead atoms. The number of carboxylic acid groups (broad SMARTS) is 1. The van der Waals surface area contributed by atoms with Crippen molar-refractivity contribution in [3.05, 3.63) is 107 Å². The maximum atomic E-state index is 13.4. The van der Waals surface area contributed by atoms with Crippen molar-refractivity contribution in [2.75, 3.05) is 37.9 Å². The number of phenolic OH excluding ortho intramolecular Hbond substituents is 1. The third-order valence-corrected chi connectivity index (χ3v) is 14.6. The number of aliphatic hydroxyl groups is 3. The van der Waals surface area contributed by atoms with Crippen LogP contribution in [-0.2, 0) is 25.5 Å². The maximum absolute atomic E-state index is 13.4. The highest BCUT2D eigenvalue weighted by Crippen LogP contribution is 2.45. The number of benzene rings is 3.